The number of halogens is 3. The minimum Gasteiger partial charge on any atom is -0.369 e. The van der Waals surface area contributed by atoms with E-state index in [0.717, 1.165) is 27.1 Å². The number of aryl methyl sites for hydroxylation is 3. The average molecular weight is 610 g/mol. The molecule has 0 saturated carbocycles. The number of nitrogens with one attached hydrogen (secondary N) is 2. The number of rotatable bonds is 8. The maximum atomic E-state index is 12.3. The number of hydrogen-bond donors (Lipinski definition) is 2. The second-order valence-electron chi connectivity index (χ2n) is 8.68. The Morgan fingerprint density at radius 2 is 1.79 bits per heavy atom. The van der Waals surface area contributed by atoms with Gasteiger partial charge in [-0.3, -0.25) is 4.79 Å². The molecule has 0 radical (unpaired) electrons. The van der Waals surface area contributed by atoms with Crippen molar-refractivity contribution < 1.29 is 4.79 Å². The number of benzene rings is 2. The van der Waals surface area contributed by atoms with E-state index in [1.165, 1.54) is 23.5 Å². The van der Waals surface area contributed by atoms with Gasteiger partial charge in [-0.15, -0.1) is 11.8 Å². The number of carbonyl (C=O) groups excluding carboxylic acids is 1. The standard InChI is InChI=1S/C26H27Cl3N6OS2/c1-13-6-7-14(2)17(10-13)20(38-26(36)30-4)8-9-31-23-21-24(33-15(3)32-23)35(34-25(21)37-5)22-18(28)11-16(27)12-19(22)29/h6-7,10-12,20H,8-9H2,1-5H3,(H,30,36)(H,31,32,33). The third-order valence-electron chi connectivity index (χ3n) is 5.93. The third-order valence-corrected chi connectivity index (χ3v) is 8.59. The van der Waals surface area contributed by atoms with Crippen LogP contribution in [0.25, 0.3) is 16.7 Å². The first-order valence-corrected chi connectivity index (χ1v) is 15.0. The quantitative estimate of drug-likeness (QED) is 0.196. The largest absolute Gasteiger partial charge is 0.369 e. The van der Waals surface area contributed by atoms with E-state index in [2.05, 4.69) is 47.7 Å². The monoisotopic (exact) mass is 608 g/mol. The van der Waals surface area contributed by atoms with Crippen LogP contribution in [0.1, 0.15) is 34.2 Å². The first-order chi connectivity index (χ1) is 18.1. The number of aromatic nitrogens is 4. The van der Waals surface area contributed by atoms with Gasteiger partial charge in [0.1, 0.15) is 22.4 Å². The van der Waals surface area contributed by atoms with Gasteiger partial charge in [0.25, 0.3) is 5.24 Å². The second kappa shape index (κ2) is 12.3. The molecule has 4 aromatic rings. The molecule has 2 heterocycles. The zero-order valence-corrected chi connectivity index (χ0v) is 25.4. The molecular weight excluding hydrogens is 583 g/mol. The first-order valence-electron chi connectivity index (χ1n) is 11.8. The van der Waals surface area contributed by atoms with E-state index in [0.29, 0.717) is 51.0 Å². The van der Waals surface area contributed by atoms with Crippen molar-refractivity contribution in [3.63, 3.8) is 0 Å². The molecule has 7 nitrogen and oxygen atoms in total. The average Bonchev–Trinajstić information content (AvgIpc) is 3.22. The predicted molar refractivity (Wildman–Crippen MR) is 162 cm³/mol. The van der Waals surface area contributed by atoms with Crippen LogP contribution in [0.2, 0.25) is 15.1 Å². The second-order valence-corrected chi connectivity index (χ2v) is 11.9. The van der Waals surface area contributed by atoms with Crippen molar-refractivity contribution in [1.82, 2.24) is 25.1 Å². The van der Waals surface area contributed by atoms with Crippen molar-refractivity contribution in [1.29, 1.82) is 0 Å². The number of hydrogen-bond acceptors (Lipinski definition) is 7. The Hall–Kier alpha value is -2.17. The van der Waals surface area contributed by atoms with Crippen LogP contribution in [0.3, 0.4) is 0 Å². The molecule has 200 valence electrons. The zero-order chi connectivity index (χ0) is 27.6. The molecule has 1 atom stereocenters. The Morgan fingerprint density at radius 1 is 1.08 bits per heavy atom. The lowest BCUT2D eigenvalue weighted by Gasteiger charge is -2.19. The summed E-state index contributed by atoms with van der Waals surface area (Å²) < 4.78 is 1.64. The summed E-state index contributed by atoms with van der Waals surface area (Å²) in [6, 6.07) is 9.58. The summed E-state index contributed by atoms with van der Waals surface area (Å²) in [6.45, 7) is 6.54. The lowest BCUT2D eigenvalue weighted by molar-refractivity contribution is 0.262. The van der Waals surface area contributed by atoms with Gasteiger partial charge in [-0.1, -0.05) is 70.3 Å². The fourth-order valence-corrected chi connectivity index (χ4v) is 6.68. The molecule has 0 aliphatic heterocycles. The maximum absolute atomic E-state index is 12.3. The molecule has 12 heteroatoms. The Morgan fingerprint density at radius 3 is 2.45 bits per heavy atom. The van der Waals surface area contributed by atoms with Crippen molar-refractivity contribution in [2.24, 2.45) is 0 Å². The summed E-state index contributed by atoms with van der Waals surface area (Å²) in [6.07, 6.45) is 2.64. The van der Waals surface area contributed by atoms with Crippen LogP contribution in [0.4, 0.5) is 10.6 Å². The lowest BCUT2D eigenvalue weighted by Crippen LogP contribution is -2.16. The Balaban J connectivity index is 1.70. The normalized spacial score (nSPS) is 12.1. The number of thioether (sulfide) groups is 2. The summed E-state index contributed by atoms with van der Waals surface area (Å²) in [4.78, 5) is 21.7. The molecule has 2 N–H and O–H groups in total. The molecule has 0 spiro atoms. The maximum Gasteiger partial charge on any atom is 0.279 e. The van der Waals surface area contributed by atoms with Crippen LogP contribution in [0.5, 0.6) is 0 Å². The van der Waals surface area contributed by atoms with Crippen LogP contribution in [0, 0.1) is 20.8 Å². The molecule has 0 aliphatic carbocycles. The summed E-state index contributed by atoms with van der Waals surface area (Å²) in [7, 11) is 1.65. The van der Waals surface area contributed by atoms with E-state index in [1.807, 2.05) is 13.2 Å². The van der Waals surface area contributed by atoms with E-state index in [9.17, 15) is 4.79 Å². The van der Waals surface area contributed by atoms with Crippen molar-refractivity contribution in [3.8, 4) is 5.69 Å². The highest BCUT2D eigenvalue weighted by Gasteiger charge is 2.23. The van der Waals surface area contributed by atoms with E-state index in [4.69, 9.17) is 44.9 Å². The first kappa shape index (κ1) is 28.8. The number of nitrogens with zero attached hydrogens (tertiary/aromatic N) is 4. The summed E-state index contributed by atoms with van der Waals surface area (Å²) in [5, 5.41) is 13.5. The third kappa shape index (κ3) is 6.18. The summed E-state index contributed by atoms with van der Waals surface area (Å²) in [5.74, 6) is 1.23. The molecule has 4 rings (SSSR count). The Bertz CT molecular complexity index is 1490. The predicted octanol–water partition coefficient (Wildman–Crippen LogP) is 8.04. The molecule has 0 saturated heterocycles. The molecule has 1 unspecified atom stereocenters. The zero-order valence-electron chi connectivity index (χ0n) is 21.5. The molecule has 0 aliphatic rings. The van der Waals surface area contributed by atoms with Gasteiger partial charge in [-0.25, -0.2) is 14.6 Å². The molecule has 2 aromatic carbocycles. The fraction of sp³-hybridized carbons (Fsp3) is 0.308. The van der Waals surface area contributed by atoms with E-state index in [-0.39, 0.29) is 10.5 Å². The van der Waals surface area contributed by atoms with Gasteiger partial charge >= 0.3 is 0 Å². The van der Waals surface area contributed by atoms with Crippen LogP contribution in [-0.4, -0.2) is 44.8 Å². The number of carbonyl (C=O) groups is 1. The van der Waals surface area contributed by atoms with E-state index in [1.54, 1.807) is 23.9 Å². The lowest BCUT2D eigenvalue weighted by atomic mass is 10.0. The van der Waals surface area contributed by atoms with Gasteiger partial charge in [0.15, 0.2) is 5.65 Å². The molecule has 38 heavy (non-hydrogen) atoms. The van der Waals surface area contributed by atoms with E-state index >= 15 is 0 Å². The SMILES string of the molecule is CNC(=O)SC(CCNc1nc(C)nc2c1c(SC)nn2-c1c(Cl)cc(Cl)cc1Cl)c1cc(C)ccc1C. The van der Waals surface area contributed by atoms with Crippen LogP contribution < -0.4 is 10.6 Å². The van der Waals surface area contributed by atoms with Gasteiger partial charge in [-0.05, 0) is 56.7 Å². The fourth-order valence-electron chi connectivity index (χ4n) is 4.15. The van der Waals surface area contributed by atoms with Gasteiger partial charge in [0.05, 0.1) is 15.4 Å². The molecule has 1 amide bonds. The molecule has 2 aromatic heterocycles. The molecule has 0 bridgehead atoms. The van der Waals surface area contributed by atoms with Crippen molar-refractivity contribution in [2.45, 2.75) is 37.5 Å². The molecule has 0 fully saturated rings. The van der Waals surface area contributed by atoms with Crippen molar-refractivity contribution >= 4 is 80.4 Å². The minimum atomic E-state index is -0.0705. The highest BCUT2D eigenvalue weighted by atomic mass is 35.5. The number of amides is 1. The van der Waals surface area contributed by atoms with Crippen molar-refractivity contribution in [2.75, 3.05) is 25.2 Å². The number of anilines is 1. The van der Waals surface area contributed by atoms with Crippen LogP contribution in [-0.2, 0) is 0 Å². The smallest absolute Gasteiger partial charge is 0.279 e. The van der Waals surface area contributed by atoms with Gasteiger partial charge in [0, 0.05) is 23.9 Å². The Kier molecular flexibility index (Phi) is 9.36. The Labute approximate surface area is 245 Å². The summed E-state index contributed by atoms with van der Waals surface area (Å²) in [5.41, 5.74) is 4.55. The number of fused-ring (bicyclic) bond motifs is 1. The van der Waals surface area contributed by atoms with Crippen LogP contribution >= 0.6 is 58.3 Å². The minimum absolute atomic E-state index is 0.0322. The summed E-state index contributed by atoms with van der Waals surface area (Å²) >= 11 is 22.0. The van der Waals surface area contributed by atoms with Gasteiger partial charge < -0.3 is 10.6 Å². The van der Waals surface area contributed by atoms with Gasteiger partial charge in [0.2, 0.25) is 0 Å². The van der Waals surface area contributed by atoms with Gasteiger partial charge in [-0.2, -0.15) is 5.10 Å². The highest BCUT2D eigenvalue weighted by molar-refractivity contribution is 8.13. The van der Waals surface area contributed by atoms with E-state index < -0.39 is 0 Å². The van der Waals surface area contributed by atoms with Crippen LogP contribution in [0.15, 0.2) is 35.4 Å². The molecular formula is C26H27Cl3N6OS2. The highest BCUT2D eigenvalue weighted by Crippen LogP contribution is 2.38. The topological polar surface area (TPSA) is 84.7 Å². The van der Waals surface area contributed by atoms with Crippen molar-refractivity contribution in [3.05, 3.63) is 67.9 Å².